The van der Waals surface area contributed by atoms with Gasteiger partial charge in [0.05, 0.1) is 17.7 Å². The van der Waals surface area contributed by atoms with Crippen LogP contribution in [0, 0.1) is 6.92 Å². The van der Waals surface area contributed by atoms with Gasteiger partial charge in [-0.1, -0.05) is 48.9 Å². The summed E-state index contributed by atoms with van der Waals surface area (Å²) >= 11 is 6.22. The molecule has 2 amide bonds. The minimum atomic E-state index is -4.20. The number of anilines is 1. The van der Waals surface area contributed by atoms with E-state index < -0.39 is 28.5 Å². The van der Waals surface area contributed by atoms with Crippen molar-refractivity contribution in [2.24, 2.45) is 0 Å². The third kappa shape index (κ3) is 7.55. The lowest BCUT2D eigenvalue weighted by Gasteiger charge is -2.32. The monoisotopic (exact) mass is 585 g/mol. The van der Waals surface area contributed by atoms with Crippen LogP contribution >= 0.6 is 11.6 Å². The molecule has 0 bridgehead atoms. The van der Waals surface area contributed by atoms with E-state index in [1.165, 1.54) is 42.3 Å². The fraction of sp³-hybridized carbons (Fsp3) is 0.333. The van der Waals surface area contributed by atoms with Crippen LogP contribution in [0.2, 0.25) is 5.02 Å². The number of amides is 2. The maximum absolute atomic E-state index is 14.0. The smallest absolute Gasteiger partial charge is 0.264 e. The van der Waals surface area contributed by atoms with Gasteiger partial charge in [-0.2, -0.15) is 0 Å². The van der Waals surface area contributed by atoms with Gasteiger partial charge in [0, 0.05) is 17.6 Å². The molecule has 2 atom stereocenters. The van der Waals surface area contributed by atoms with E-state index in [1.807, 2.05) is 45.0 Å². The molecule has 0 aromatic heterocycles. The van der Waals surface area contributed by atoms with E-state index in [-0.39, 0.29) is 29.1 Å². The molecule has 0 fully saturated rings. The molecular weight excluding hydrogens is 550 g/mol. The topological polar surface area (TPSA) is 96.0 Å². The summed E-state index contributed by atoms with van der Waals surface area (Å²) in [6.45, 7) is 7.01. The van der Waals surface area contributed by atoms with Gasteiger partial charge in [0.15, 0.2) is 0 Å². The van der Waals surface area contributed by atoms with E-state index in [0.29, 0.717) is 10.8 Å². The second-order valence-electron chi connectivity index (χ2n) is 9.61. The molecule has 0 aliphatic rings. The van der Waals surface area contributed by atoms with Crippen LogP contribution in [-0.2, 0) is 26.2 Å². The van der Waals surface area contributed by atoms with Crippen molar-refractivity contribution in [3.63, 3.8) is 0 Å². The Balaban J connectivity index is 2.04. The fourth-order valence-electron chi connectivity index (χ4n) is 4.05. The molecule has 1 N–H and O–H groups in total. The van der Waals surface area contributed by atoms with Crippen molar-refractivity contribution in [2.75, 3.05) is 18.0 Å². The van der Waals surface area contributed by atoms with Crippen molar-refractivity contribution in [1.82, 2.24) is 10.2 Å². The molecule has 214 valence electrons. The molecular formula is C30H36ClN3O5S. The summed E-state index contributed by atoms with van der Waals surface area (Å²) in [5.74, 6) is -0.356. The zero-order valence-corrected chi connectivity index (χ0v) is 25.0. The quantitative estimate of drug-likeness (QED) is 0.316. The summed E-state index contributed by atoms with van der Waals surface area (Å²) in [6.07, 6.45) is 0.729. The van der Waals surface area contributed by atoms with Crippen molar-refractivity contribution >= 4 is 39.1 Å². The van der Waals surface area contributed by atoms with E-state index >= 15 is 0 Å². The highest BCUT2D eigenvalue weighted by atomic mass is 35.5. The van der Waals surface area contributed by atoms with Gasteiger partial charge in [-0.05, 0) is 80.8 Å². The third-order valence-corrected chi connectivity index (χ3v) is 8.82. The summed E-state index contributed by atoms with van der Waals surface area (Å²) in [5.41, 5.74) is 2.03. The lowest BCUT2D eigenvalue weighted by Crippen LogP contribution is -2.52. The summed E-state index contributed by atoms with van der Waals surface area (Å²) in [4.78, 5) is 28.5. The lowest BCUT2D eigenvalue weighted by molar-refractivity contribution is -0.139. The number of methoxy groups -OCH3 is 1. The molecule has 0 radical (unpaired) electrons. The Morgan fingerprint density at radius 3 is 2.27 bits per heavy atom. The number of benzene rings is 3. The third-order valence-electron chi connectivity index (χ3n) is 6.79. The number of halogens is 1. The molecule has 3 aromatic rings. The SMILES string of the molecule is CC[C@H](C)NC(=O)[C@@H](C)N(Cc1ccccc1C)C(=O)CN(c1cccc(Cl)c1)S(=O)(=O)c1ccc(OC)cc1. The first-order valence-corrected chi connectivity index (χ1v) is 14.9. The fourth-order valence-corrected chi connectivity index (χ4v) is 5.64. The van der Waals surface area contributed by atoms with Gasteiger partial charge in [0.1, 0.15) is 18.3 Å². The number of sulfonamides is 1. The molecule has 3 rings (SSSR count). The van der Waals surface area contributed by atoms with E-state index in [9.17, 15) is 18.0 Å². The number of carbonyl (C=O) groups is 2. The standard InChI is InChI=1S/C30H36ClN3O5S/c1-6-22(3)32-30(36)23(4)33(19-24-11-8-7-10-21(24)2)29(35)20-34(26-13-9-12-25(31)18-26)40(37,38)28-16-14-27(39-5)15-17-28/h7-18,22-23H,6,19-20H2,1-5H3,(H,32,36)/t22-,23+/m0/s1. The average molecular weight is 586 g/mol. The minimum Gasteiger partial charge on any atom is -0.497 e. The zero-order valence-electron chi connectivity index (χ0n) is 23.4. The van der Waals surface area contributed by atoms with Crippen LogP contribution < -0.4 is 14.4 Å². The van der Waals surface area contributed by atoms with Crippen LogP contribution in [0.25, 0.3) is 0 Å². The molecule has 3 aromatic carbocycles. The highest BCUT2D eigenvalue weighted by Gasteiger charge is 2.33. The molecule has 40 heavy (non-hydrogen) atoms. The number of hydrogen-bond donors (Lipinski definition) is 1. The van der Waals surface area contributed by atoms with Gasteiger partial charge < -0.3 is 15.0 Å². The lowest BCUT2D eigenvalue weighted by atomic mass is 10.1. The second kappa shape index (κ2) is 13.7. The Hall–Kier alpha value is -3.56. The first-order chi connectivity index (χ1) is 19.0. The summed E-state index contributed by atoms with van der Waals surface area (Å²) in [6, 6.07) is 18.9. The Morgan fingerprint density at radius 2 is 1.68 bits per heavy atom. The Bertz CT molecular complexity index is 1430. The molecule has 8 nitrogen and oxygen atoms in total. The van der Waals surface area contributed by atoms with E-state index in [0.717, 1.165) is 21.9 Å². The van der Waals surface area contributed by atoms with Crippen molar-refractivity contribution < 1.29 is 22.7 Å². The van der Waals surface area contributed by atoms with Crippen LogP contribution in [0.4, 0.5) is 5.69 Å². The maximum Gasteiger partial charge on any atom is 0.264 e. The molecule has 10 heteroatoms. The molecule has 0 saturated carbocycles. The highest BCUT2D eigenvalue weighted by molar-refractivity contribution is 7.92. The zero-order chi connectivity index (χ0) is 29.4. The van der Waals surface area contributed by atoms with E-state index in [2.05, 4.69) is 5.32 Å². The van der Waals surface area contributed by atoms with Crippen molar-refractivity contribution in [2.45, 2.75) is 57.6 Å². The number of ether oxygens (including phenoxy) is 1. The number of rotatable bonds is 12. The van der Waals surface area contributed by atoms with E-state index in [1.54, 1.807) is 25.1 Å². The highest BCUT2D eigenvalue weighted by Crippen LogP contribution is 2.28. The number of nitrogens with one attached hydrogen (secondary N) is 1. The van der Waals surface area contributed by atoms with Crippen LogP contribution in [0.5, 0.6) is 5.75 Å². The van der Waals surface area contributed by atoms with Crippen LogP contribution in [0.15, 0.2) is 77.7 Å². The van der Waals surface area contributed by atoms with Gasteiger partial charge in [-0.25, -0.2) is 8.42 Å². The number of aryl methyl sites for hydroxylation is 1. The normalized spacial score (nSPS) is 12.8. The molecule has 0 saturated heterocycles. The second-order valence-corrected chi connectivity index (χ2v) is 11.9. The summed E-state index contributed by atoms with van der Waals surface area (Å²) in [5, 5.41) is 3.25. The summed E-state index contributed by atoms with van der Waals surface area (Å²) in [7, 11) is -2.72. The molecule has 0 spiro atoms. The van der Waals surface area contributed by atoms with Crippen LogP contribution in [-0.4, -0.2) is 50.9 Å². The van der Waals surface area contributed by atoms with Gasteiger partial charge in [0.2, 0.25) is 11.8 Å². The first kappa shape index (κ1) is 31.0. The molecule has 0 aliphatic carbocycles. The first-order valence-electron chi connectivity index (χ1n) is 13.0. The largest absolute Gasteiger partial charge is 0.497 e. The van der Waals surface area contributed by atoms with Crippen molar-refractivity contribution in [3.05, 3.63) is 88.9 Å². The van der Waals surface area contributed by atoms with Gasteiger partial charge in [-0.15, -0.1) is 0 Å². The predicted molar refractivity (Wildman–Crippen MR) is 158 cm³/mol. The van der Waals surface area contributed by atoms with Crippen molar-refractivity contribution in [3.8, 4) is 5.75 Å². The number of carbonyl (C=O) groups excluding carboxylic acids is 2. The Morgan fingerprint density at radius 1 is 1.00 bits per heavy atom. The summed E-state index contributed by atoms with van der Waals surface area (Å²) < 4.78 is 34.0. The van der Waals surface area contributed by atoms with Gasteiger partial charge in [0.25, 0.3) is 10.0 Å². The van der Waals surface area contributed by atoms with E-state index in [4.69, 9.17) is 16.3 Å². The van der Waals surface area contributed by atoms with Crippen LogP contribution in [0.1, 0.15) is 38.3 Å². The molecule has 0 unspecified atom stereocenters. The molecule has 0 heterocycles. The molecule has 0 aliphatic heterocycles. The van der Waals surface area contributed by atoms with Gasteiger partial charge in [-0.3, -0.25) is 13.9 Å². The number of nitrogens with zero attached hydrogens (tertiary/aromatic N) is 2. The van der Waals surface area contributed by atoms with Gasteiger partial charge >= 0.3 is 0 Å². The Labute approximate surface area is 241 Å². The Kier molecular flexibility index (Phi) is 10.6. The minimum absolute atomic E-state index is 0.0194. The average Bonchev–Trinajstić information content (AvgIpc) is 2.94. The van der Waals surface area contributed by atoms with Crippen LogP contribution in [0.3, 0.4) is 0 Å². The van der Waals surface area contributed by atoms with Crippen molar-refractivity contribution in [1.29, 1.82) is 0 Å². The maximum atomic E-state index is 14.0. The number of hydrogen-bond acceptors (Lipinski definition) is 5. The predicted octanol–water partition coefficient (Wildman–Crippen LogP) is 5.18.